The van der Waals surface area contributed by atoms with Crippen LogP contribution < -0.4 is 11.1 Å². The molecule has 2 aliphatic rings. The largest absolute Gasteiger partial charge is 0.381 e. The van der Waals surface area contributed by atoms with Crippen molar-refractivity contribution in [2.45, 2.75) is 25.7 Å². The molecule has 0 atom stereocenters. The van der Waals surface area contributed by atoms with Gasteiger partial charge in [0.2, 0.25) is 5.91 Å². The van der Waals surface area contributed by atoms with E-state index in [2.05, 4.69) is 5.32 Å². The monoisotopic (exact) mass is 308 g/mol. The minimum Gasteiger partial charge on any atom is -0.381 e. The molecule has 2 saturated heterocycles. The van der Waals surface area contributed by atoms with E-state index in [0.29, 0.717) is 25.7 Å². The van der Waals surface area contributed by atoms with Crippen molar-refractivity contribution in [1.29, 1.82) is 0 Å². The molecule has 4 nitrogen and oxygen atoms in total. The maximum atomic E-state index is 12.3. The summed E-state index contributed by atoms with van der Waals surface area (Å²) in [6, 6.07) is 0. The molecule has 3 N–H and O–H groups in total. The predicted molar refractivity (Wildman–Crippen MR) is 81.8 cm³/mol. The van der Waals surface area contributed by atoms with Crippen LogP contribution in [0.3, 0.4) is 0 Å². The predicted octanol–water partition coefficient (Wildman–Crippen LogP) is 1.42. The molecule has 0 aromatic heterocycles. The van der Waals surface area contributed by atoms with E-state index in [1.165, 1.54) is 24.3 Å². The number of rotatable bonds is 4. The zero-order valence-electron chi connectivity index (χ0n) is 11.4. The minimum atomic E-state index is -0.373. The van der Waals surface area contributed by atoms with Crippen LogP contribution in [0.4, 0.5) is 0 Å². The van der Waals surface area contributed by atoms with E-state index >= 15 is 0 Å². The fourth-order valence-electron chi connectivity index (χ4n) is 2.66. The van der Waals surface area contributed by atoms with Gasteiger partial charge in [0.05, 0.1) is 5.41 Å². The van der Waals surface area contributed by atoms with E-state index in [-0.39, 0.29) is 23.7 Å². The number of amides is 1. The van der Waals surface area contributed by atoms with Crippen molar-refractivity contribution in [2.75, 3.05) is 37.8 Å². The highest BCUT2D eigenvalue weighted by molar-refractivity contribution is 7.99. The van der Waals surface area contributed by atoms with Gasteiger partial charge in [-0.3, -0.25) is 4.79 Å². The van der Waals surface area contributed by atoms with E-state index < -0.39 is 0 Å². The van der Waals surface area contributed by atoms with Gasteiger partial charge in [-0.15, -0.1) is 12.4 Å². The normalized spacial score (nSPS) is 23.4. The van der Waals surface area contributed by atoms with Crippen molar-refractivity contribution in [3.05, 3.63) is 0 Å². The molecule has 0 saturated carbocycles. The highest BCUT2D eigenvalue weighted by Gasteiger charge is 2.38. The van der Waals surface area contributed by atoms with Crippen LogP contribution in [-0.4, -0.2) is 43.7 Å². The molecule has 2 heterocycles. The highest BCUT2D eigenvalue weighted by Crippen LogP contribution is 2.30. The number of nitrogens with one attached hydrogen (secondary N) is 1. The van der Waals surface area contributed by atoms with Gasteiger partial charge < -0.3 is 15.8 Å². The summed E-state index contributed by atoms with van der Waals surface area (Å²) in [5.41, 5.74) is 5.45. The summed E-state index contributed by atoms with van der Waals surface area (Å²) in [5.74, 6) is 3.27. The molecule has 112 valence electrons. The zero-order valence-corrected chi connectivity index (χ0v) is 13.0. The number of hydrogen-bond donors (Lipinski definition) is 2. The zero-order chi connectivity index (χ0) is 12.8. The number of thioether (sulfide) groups is 1. The third kappa shape index (κ3) is 4.52. The Hall–Kier alpha value is 0.0300. The first kappa shape index (κ1) is 17.1. The molecule has 2 aliphatic heterocycles. The molecule has 0 radical (unpaired) electrons. The Bertz CT molecular complexity index is 280. The quantitative estimate of drug-likeness (QED) is 0.824. The van der Waals surface area contributed by atoms with Crippen LogP contribution in [0, 0.1) is 11.3 Å². The average molecular weight is 309 g/mol. The first-order valence-electron chi connectivity index (χ1n) is 6.91. The molecule has 0 unspecified atom stereocenters. The Balaban J connectivity index is 0.00000180. The first-order valence-corrected chi connectivity index (χ1v) is 8.06. The second-order valence-corrected chi connectivity index (χ2v) is 6.59. The SMILES string of the molecule is Cl.NCC1(C(=O)NCC2CCSCC2)CCOCC1. The van der Waals surface area contributed by atoms with Gasteiger partial charge in [-0.2, -0.15) is 11.8 Å². The van der Waals surface area contributed by atoms with Gasteiger partial charge in [0.25, 0.3) is 0 Å². The second kappa shape index (κ2) is 8.35. The van der Waals surface area contributed by atoms with Crippen LogP contribution in [0.5, 0.6) is 0 Å². The van der Waals surface area contributed by atoms with Gasteiger partial charge in [-0.1, -0.05) is 0 Å². The van der Waals surface area contributed by atoms with Crippen LogP contribution in [0.1, 0.15) is 25.7 Å². The van der Waals surface area contributed by atoms with Gasteiger partial charge in [0.1, 0.15) is 0 Å². The maximum absolute atomic E-state index is 12.3. The van der Waals surface area contributed by atoms with Crippen molar-refractivity contribution in [1.82, 2.24) is 5.32 Å². The highest BCUT2D eigenvalue weighted by atomic mass is 35.5. The van der Waals surface area contributed by atoms with Gasteiger partial charge >= 0.3 is 0 Å². The molecule has 0 aliphatic carbocycles. The summed E-state index contributed by atoms with van der Waals surface area (Å²) in [4.78, 5) is 12.3. The lowest BCUT2D eigenvalue weighted by molar-refractivity contribution is -0.136. The third-order valence-electron chi connectivity index (χ3n) is 4.21. The number of nitrogens with two attached hydrogens (primary N) is 1. The Morgan fingerprint density at radius 3 is 2.53 bits per heavy atom. The van der Waals surface area contributed by atoms with Gasteiger partial charge in [-0.25, -0.2) is 0 Å². The molecule has 0 spiro atoms. The molecule has 2 rings (SSSR count). The summed E-state index contributed by atoms with van der Waals surface area (Å²) in [6.07, 6.45) is 3.97. The summed E-state index contributed by atoms with van der Waals surface area (Å²) in [6.45, 7) is 2.57. The van der Waals surface area contributed by atoms with Crippen molar-refractivity contribution in [3.8, 4) is 0 Å². The van der Waals surface area contributed by atoms with E-state index in [9.17, 15) is 4.79 Å². The Kier molecular flexibility index (Phi) is 7.50. The molecular weight excluding hydrogens is 284 g/mol. The fourth-order valence-corrected chi connectivity index (χ4v) is 3.87. The van der Waals surface area contributed by atoms with Gasteiger partial charge in [-0.05, 0) is 43.1 Å². The Morgan fingerprint density at radius 1 is 1.32 bits per heavy atom. The Morgan fingerprint density at radius 2 is 1.95 bits per heavy atom. The van der Waals surface area contributed by atoms with Crippen LogP contribution in [0.25, 0.3) is 0 Å². The molecule has 0 bridgehead atoms. The number of carbonyl (C=O) groups is 1. The summed E-state index contributed by atoms with van der Waals surface area (Å²) < 4.78 is 5.33. The lowest BCUT2D eigenvalue weighted by Crippen LogP contribution is -2.50. The van der Waals surface area contributed by atoms with E-state index in [0.717, 1.165) is 19.4 Å². The van der Waals surface area contributed by atoms with Crippen molar-refractivity contribution in [3.63, 3.8) is 0 Å². The lowest BCUT2D eigenvalue weighted by Gasteiger charge is -2.35. The number of halogens is 1. The van der Waals surface area contributed by atoms with Gasteiger partial charge in [0, 0.05) is 26.3 Å². The number of hydrogen-bond acceptors (Lipinski definition) is 4. The molecule has 0 aromatic rings. The van der Waals surface area contributed by atoms with Crippen LogP contribution in [0.15, 0.2) is 0 Å². The summed E-state index contributed by atoms with van der Waals surface area (Å²) in [7, 11) is 0. The average Bonchev–Trinajstić information content (AvgIpc) is 2.46. The van der Waals surface area contributed by atoms with Gasteiger partial charge in [0.15, 0.2) is 0 Å². The smallest absolute Gasteiger partial charge is 0.227 e. The molecule has 1 amide bonds. The Labute approximate surface area is 126 Å². The van der Waals surface area contributed by atoms with Crippen LogP contribution >= 0.6 is 24.2 Å². The van der Waals surface area contributed by atoms with Crippen molar-refractivity contribution in [2.24, 2.45) is 17.1 Å². The molecular formula is C13H25ClN2O2S. The first-order chi connectivity index (χ1) is 8.77. The topological polar surface area (TPSA) is 64.4 Å². The maximum Gasteiger partial charge on any atom is 0.227 e. The number of carbonyl (C=O) groups excluding carboxylic acids is 1. The number of ether oxygens (including phenoxy) is 1. The molecule has 6 heteroatoms. The van der Waals surface area contributed by atoms with Crippen molar-refractivity contribution >= 4 is 30.1 Å². The van der Waals surface area contributed by atoms with E-state index in [1.807, 2.05) is 11.8 Å². The van der Waals surface area contributed by atoms with Crippen LogP contribution in [-0.2, 0) is 9.53 Å². The van der Waals surface area contributed by atoms with E-state index in [4.69, 9.17) is 10.5 Å². The fraction of sp³-hybridized carbons (Fsp3) is 0.923. The minimum absolute atomic E-state index is 0. The van der Waals surface area contributed by atoms with Crippen molar-refractivity contribution < 1.29 is 9.53 Å². The summed E-state index contributed by atoms with van der Waals surface area (Å²) >= 11 is 2.02. The molecule has 19 heavy (non-hydrogen) atoms. The molecule has 0 aromatic carbocycles. The third-order valence-corrected chi connectivity index (χ3v) is 5.26. The standard InChI is InChI=1S/C13H24N2O2S.ClH/c14-10-13(3-5-17-6-4-13)12(16)15-9-11-1-7-18-8-2-11;/h11H,1-10,14H2,(H,15,16);1H. The van der Waals surface area contributed by atoms with E-state index in [1.54, 1.807) is 0 Å². The second-order valence-electron chi connectivity index (χ2n) is 5.36. The molecule has 2 fully saturated rings. The summed E-state index contributed by atoms with van der Waals surface area (Å²) in [5, 5.41) is 3.13. The lowest BCUT2D eigenvalue weighted by atomic mass is 9.79. The van der Waals surface area contributed by atoms with Crippen LogP contribution in [0.2, 0.25) is 0 Å².